The van der Waals surface area contributed by atoms with Crippen molar-refractivity contribution in [2.75, 3.05) is 0 Å². The van der Waals surface area contributed by atoms with Crippen LogP contribution >= 0.6 is 0 Å². The third-order valence-electron chi connectivity index (χ3n) is 13.9. The Bertz CT molecular complexity index is 3450. The Kier molecular flexibility index (Phi) is 7.96. The largest absolute Gasteiger partial charge is 0.228 e. The van der Waals surface area contributed by atoms with Crippen molar-refractivity contribution in [2.24, 2.45) is 0 Å². The van der Waals surface area contributed by atoms with E-state index in [0.29, 0.717) is 0 Å². The minimum atomic E-state index is -0.126. The molecule has 0 atom stereocenters. The average molecular weight is 793 g/mol. The lowest BCUT2D eigenvalue weighted by atomic mass is 9.78. The van der Waals surface area contributed by atoms with Crippen LogP contribution in [0.3, 0.4) is 0 Å². The van der Waals surface area contributed by atoms with Gasteiger partial charge in [-0.05, 0) is 107 Å². The second kappa shape index (κ2) is 13.5. The van der Waals surface area contributed by atoms with Gasteiger partial charge in [-0.1, -0.05) is 204 Å². The van der Waals surface area contributed by atoms with Gasteiger partial charge < -0.3 is 0 Å². The molecule has 2 aliphatic carbocycles. The number of nitrogens with zero attached hydrogens (tertiary/aromatic N) is 2. The van der Waals surface area contributed by atoms with Crippen molar-refractivity contribution in [3.63, 3.8) is 0 Å². The van der Waals surface area contributed by atoms with E-state index in [9.17, 15) is 0 Å². The first-order chi connectivity index (χ1) is 30.3. The fourth-order valence-electron chi connectivity index (χ4n) is 10.8. The molecule has 1 heterocycles. The van der Waals surface area contributed by atoms with Crippen molar-refractivity contribution in [3.05, 3.63) is 216 Å². The lowest BCUT2D eigenvalue weighted by molar-refractivity contribution is 0.660. The van der Waals surface area contributed by atoms with E-state index in [-0.39, 0.29) is 10.8 Å². The number of benzene rings is 9. The lowest BCUT2D eigenvalue weighted by Crippen LogP contribution is -2.16. The number of aromatic nitrogens is 2. The fraction of sp³-hybridized carbons (Fsp3) is 0.100. The molecule has 0 aliphatic heterocycles. The maximum Gasteiger partial charge on any atom is 0.160 e. The smallest absolute Gasteiger partial charge is 0.160 e. The van der Waals surface area contributed by atoms with E-state index in [4.69, 9.17) is 9.97 Å². The van der Waals surface area contributed by atoms with Crippen LogP contribution in [0.2, 0.25) is 0 Å². The Balaban J connectivity index is 0.968. The molecule has 0 fully saturated rings. The fourth-order valence-corrected chi connectivity index (χ4v) is 10.8. The molecular formula is C60H44N2. The van der Waals surface area contributed by atoms with Gasteiger partial charge in [0.1, 0.15) is 0 Å². The summed E-state index contributed by atoms with van der Waals surface area (Å²) in [7, 11) is 0. The highest BCUT2D eigenvalue weighted by atomic mass is 14.9. The number of hydrogen-bond acceptors (Lipinski definition) is 2. The highest BCUT2D eigenvalue weighted by Gasteiger charge is 2.39. The van der Waals surface area contributed by atoms with Gasteiger partial charge in [0.2, 0.25) is 0 Å². The molecule has 2 heteroatoms. The highest BCUT2D eigenvalue weighted by molar-refractivity contribution is 6.05. The number of fused-ring (bicyclic) bond motifs is 8. The molecule has 62 heavy (non-hydrogen) atoms. The van der Waals surface area contributed by atoms with Gasteiger partial charge in [0.05, 0.1) is 11.4 Å². The molecule has 12 rings (SSSR count). The van der Waals surface area contributed by atoms with Gasteiger partial charge in [-0.3, -0.25) is 0 Å². The monoisotopic (exact) mass is 792 g/mol. The van der Waals surface area contributed by atoms with Crippen molar-refractivity contribution in [3.8, 4) is 78.4 Å². The normalized spacial score (nSPS) is 14.1. The minimum absolute atomic E-state index is 0.108. The van der Waals surface area contributed by atoms with Gasteiger partial charge in [-0.15, -0.1) is 0 Å². The summed E-state index contributed by atoms with van der Waals surface area (Å²) >= 11 is 0. The molecule has 10 aromatic rings. The van der Waals surface area contributed by atoms with Gasteiger partial charge in [0.15, 0.2) is 5.82 Å². The molecule has 2 nitrogen and oxygen atoms in total. The van der Waals surface area contributed by atoms with Crippen LogP contribution in [0.15, 0.2) is 194 Å². The van der Waals surface area contributed by atoms with Gasteiger partial charge >= 0.3 is 0 Å². The van der Waals surface area contributed by atoms with Gasteiger partial charge in [-0.25, -0.2) is 9.97 Å². The topological polar surface area (TPSA) is 25.8 Å². The molecule has 0 radical (unpaired) electrons. The molecule has 0 saturated heterocycles. The molecular weight excluding hydrogens is 749 g/mol. The van der Waals surface area contributed by atoms with Crippen LogP contribution in [0, 0.1) is 0 Å². The third kappa shape index (κ3) is 5.43. The van der Waals surface area contributed by atoms with Crippen LogP contribution in [0.25, 0.3) is 100.0 Å². The Morgan fingerprint density at radius 2 is 0.871 bits per heavy atom. The Morgan fingerprint density at radius 1 is 0.323 bits per heavy atom. The van der Waals surface area contributed by atoms with E-state index < -0.39 is 0 Å². The first kappa shape index (κ1) is 36.4. The van der Waals surface area contributed by atoms with E-state index in [2.05, 4.69) is 216 Å². The Hall–Kier alpha value is -7.42. The predicted octanol–water partition coefficient (Wildman–Crippen LogP) is 15.7. The van der Waals surface area contributed by atoms with Crippen molar-refractivity contribution >= 4 is 21.5 Å². The maximum absolute atomic E-state index is 5.32. The summed E-state index contributed by atoms with van der Waals surface area (Å²) in [6, 6.07) is 71.0. The first-order valence-corrected chi connectivity index (χ1v) is 21.7. The molecule has 9 aromatic carbocycles. The summed E-state index contributed by atoms with van der Waals surface area (Å²) < 4.78 is 0. The van der Waals surface area contributed by atoms with Gasteiger partial charge in [-0.2, -0.15) is 0 Å². The second-order valence-electron chi connectivity index (χ2n) is 18.1. The Morgan fingerprint density at radius 3 is 1.65 bits per heavy atom. The number of hydrogen-bond donors (Lipinski definition) is 0. The molecule has 0 N–H and O–H groups in total. The highest BCUT2D eigenvalue weighted by Crippen LogP contribution is 2.54. The first-order valence-electron chi connectivity index (χ1n) is 21.7. The van der Waals surface area contributed by atoms with Crippen LogP contribution in [0.4, 0.5) is 0 Å². The summed E-state index contributed by atoms with van der Waals surface area (Å²) in [5, 5.41) is 4.94. The van der Waals surface area contributed by atoms with E-state index in [1.165, 1.54) is 82.9 Å². The molecule has 0 unspecified atom stereocenters. The predicted molar refractivity (Wildman–Crippen MR) is 259 cm³/mol. The summed E-state index contributed by atoms with van der Waals surface area (Å²) in [5.74, 6) is 0.719. The molecule has 2 aliphatic rings. The maximum atomic E-state index is 5.32. The van der Waals surface area contributed by atoms with Crippen LogP contribution in [-0.2, 0) is 10.8 Å². The second-order valence-corrected chi connectivity index (χ2v) is 18.1. The number of rotatable bonds is 5. The van der Waals surface area contributed by atoms with Crippen molar-refractivity contribution in [1.82, 2.24) is 9.97 Å². The third-order valence-corrected chi connectivity index (χ3v) is 13.9. The molecule has 0 bridgehead atoms. The molecule has 1 aromatic heterocycles. The standard InChI is InChI=1S/C60H44N2/c1-59(2)51-26-13-12-22-48(51)56-49(25-15-27-52(56)59)55-36-54(61-58(62-55)39-16-6-5-7-17-39)46-33-32-42(44-20-10-11-21-45(44)46)37-28-30-38(31-29-37)43-23-14-24-47-50-34-40-18-8-9-19-41(40)35-53(50)60(3,4)57(43)47/h5-36H,1-4H3. The van der Waals surface area contributed by atoms with E-state index in [1.54, 1.807) is 0 Å². The quantitative estimate of drug-likeness (QED) is 0.173. The van der Waals surface area contributed by atoms with Crippen molar-refractivity contribution in [1.29, 1.82) is 0 Å². The Labute approximate surface area is 363 Å². The van der Waals surface area contributed by atoms with Gasteiger partial charge in [0, 0.05) is 27.5 Å². The van der Waals surface area contributed by atoms with Crippen molar-refractivity contribution < 1.29 is 0 Å². The van der Waals surface area contributed by atoms with E-state index >= 15 is 0 Å². The van der Waals surface area contributed by atoms with Crippen LogP contribution < -0.4 is 0 Å². The summed E-state index contributed by atoms with van der Waals surface area (Å²) in [6.07, 6.45) is 0. The van der Waals surface area contributed by atoms with Crippen LogP contribution in [0.1, 0.15) is 49.9 Å². The lowest BCUT2D eigenvalue weighted by Gasteiger charge is -2.25. The van der Waals surface area contributed by atoms with Crippen LogP contribution in [-0.4, -0.2) is 9.97 Å². The minimum Gasteiger partial charge on any atom is -0.228 e. The zero-order chi connectivity index (χ0) is 41.7. The molecule has 0 spiro atoms. The summed E-state index contributed by atoms with van der Waals surface area (Å²) in [4.78, 5) is 10.6. The SMILES string of the molecule is CC1(C)c2ccccc2-c2c(-c3cc(-c4ccc(-c5ccc(-c6cccc7c6C(C)(C)c6cc8ccccc8cc6-7)cc5)c5ccccc45)nc(-c4ccccc4)n3)cccc21. The van der Waals surface area contributed by atoms with E-state index in [1.807, 2.05) is 6.07 Å². The molecule has 0 saturated carbocycles. The zero-order valence-electron chi connectivity index (χ0n) is 35.4. The van der Waals surface area contributed by atoms with Crippen molar-refractivity contribution in [2.45, 2.75) is 38.5 Å². The van der Waals surface area contributed by atoms with E-state index in [0.717, 1.165) is 39.3 Å². The zero-order valence-corrected chi connectivity index (χ0v) is 35.4. The average Bonchev–Trinajstić information content (AvgIpc) is 3.69. The summed E-state index contributed by atoms with van der Waals surface area (Å²) in [5.41, 5.74) is 20.5. The van der Waals surface area contributed by atoms with Gasteiger partial charge in [0.25, 0.3) is 0 Å². The van der Waals surface area contributed by atoms with Crippen LogP contribution in [0.5, 0.6) is 0 Å². The summed E-state index contributed by atoms with van der Waals surface area (Å²) in [6.45, 7) is 9.43. The molecule has 294 valence electrons. The molecule has 0 amide bonds.